The highest BCUT2D eigenvalue weighted by molar-refractivity contribution is 5.18. The highest BCUT2D eigenvalue weighted by atomic mass is 16.3. The van der Waals surface area contributed by atoms with Crippen LogP contribution in [0.3, 0.4) is 0 Å². The van der Waals surface area contributed by atoms with E-state index < -0.39 is 6.10 Å². The van der Waals surface area contributed by atoms with Crippen molar-refractivity contribution in [3.8, 4) is 0 Å². The normalized spacial score (nSPS) is 21.0. The largest absolute Gasteiger partial charge is 0.393 e. The molecule has 124 valence electrons. The van der Waals surface area contributed by atoms with Gasteiger partial charge >= 0.3 is 0 Å². The molecule has 3 unspecified atom stereocenters. The van der Waals surface area contributed by atoms with Crippen LogP contribution < -0.4 is 5.32 Å². The van der Waals surface area contributed by atoms with Crippen LogP contribution in [0.2, 0.25) is 0 Å². The molecule has 0 saturated heterocycles. The molecule has 3 N–H and O–H groups in total. The zero-order chi connectivity index (χ0) is 15.8. The molecule has 0 heterocycles. The van der Waals surface area contributed by atoms with Crippen LogP contribution in [0.5, 0.6) is 0 Å². The van der Waals surface area contributed by atoms with Gasteiger partial charge in [-0.1, -0.05) is 56.0 Å². The molecule has 0 radical (unpaired) electrons. The minimum absolute atomic E-state index is 0.0104. The van der Waals surface area contributed by atoms with Crippen LogP contribution >= 0.6 is 0 Å². The van der Waals surface area contributed by atoms with E-state index in [1.165, 1.54) is 38.5 Å². The van der Waals surface area contributed by atoms with Crippen molar-refractivity contribution in [2.45, 2.75) is 70.1 Å². The van der Waals surface area contributed by atoms with Gasteiger partial charge < -0.3 is 15.5 Å². The highest BCUT2D eigenvalue weighted by Gasteiger charge is 2.21. The lowest BCUT2D eigenvalue weighted by atomic mass is 9.92. The Morgan fingerprint density at radius 2 is 1.68 bits per heavy atom. The maximum Gasteiger partial charge on any atom is 0.0940 e. The predicted octanol–water partition coefficient (Wildman–Crippen LogP) is 3.42. The quantitative estimate of drug-likeness (QED) is 0.677. The molecule has 3 heteroatoms. The monoisotopic (exact) mass is 305 g/mol. The van der Waals surface area contributed by atoms with Gasteiger partial charge in [0.25, 0.3) is 0 Å². The van der Waals surface area contributed by atoms with Gasteiger partial charge in [0.1, 0.15) is 0 Å². The number of rotatable bonds is 7. The average Bonchev–Trinajstić information content (AvgIpc) is 2.84. The zero-order valence-electron chi connectivity index (χ0n) is 13.7. The minimum Gasteiger partial charge on any atom is -0.393 e. The van der Waals surface area contributed by atoms with Crippen molar-refractivity contribution in [1.29, 1.82) is 0 Å². The Labute approximate surface area is 134 Å². The zero-order valence-corrected chi connectivity index (χ0v) is 13.7. The number of hydrogen-bond acceptors (Lipinski definition) is 3. The molecule has 3 atom stereocenters. The van der Waals surface area contributed by atoms with E-state index in [1.807, 2.05) is 37.3 Å². The standard InChI is InChI=1S/C19H31NO2/c1-15(19(22)17-11-7-4-8-12-17)20-14-13-18(21)16-9-5-2-3-6-10-16/h4,7-8,11-12,15-16,18-22H,2-3,5-6,9-10,13-14H2,1H3. The van der Waals surface area contributed by atoms with Crippen molar-refractivity contribution in [1.82, 2.24) is 5.32 Å². The SMILES string of the molecule is CC(NCCC(O)C1CCCCCC1)C(O)c1ccccc1. The lowest BCUT2D eigenvalue weighted by molar-refractivity contribution is 0.0845. The second-order valence-electron chi connectivity index (χ2n) is 6.71. The van der Waals surface area contributed by atoms with Crippen LogP contribution in [0.25, 0.3) is 0 Å². The van der Waals surface area contributed by atoms with Crippen LogP contribution in [-0.4, -0.2) is 28.9 Å². The molecule has 0 bridgehead atoms. The molecule has 0 spiro atoms. The van der Waals surface area contributed by atoms with Crippen molar-refractivity contribution < 1.29 is 10.2 Å². The Hall–Kier alpha value is -0.900. The van der Waals surface area contributed by atoms with Gasteiger partial charge in [-0.05, 0) is 44.2 Å². The first-order chi connectivity index (χ1) is 10.7. The molecule has 2 rings (SSSR count). The summed E-state index contributed by atoms with van der Waals surface area (Å²) in [5.74, 6) is 0.471. The van der Waals surface area contributed by atoms with Crippen LogP contribution in [-0.2, 0) is 0 Å². The molecule has 22 heavy (non-hydrogen) atoms. The second kappa shape index (κ2) is 9.29. The maximum absolute atomic E-state index is 10.4. The van der Waals surface area contributed by atoms with E-state index in [0.717, 1.165) is 18.5 Å². The van der Waals surface area contributed by atoms with Gasteiger partial charge in [0.2, 0.25) is 0 Å². The van der Waals surface area contributed by atoms with E-state index in [0.29, 0.717) is 5.92 Å². The lowest BCUT2D eigenvalue weighted by Gasteiger charge is -2.24. The fourth-order valence-electron chi connectivity index (χ4n) is 3.44. The summed E-state index contributed by atoms with van der Waals surface area (Å²) in [6, 6.07) is 9.73. The molecule has 0 amide bonds. The summed E-state index contributed by atoms with van der Waals surface area (Å²) in [6.45, 7) is 2.75. The van der Waals surface area contributed by atoms with Crippen LogP contribution in [0.15, 0.2) is 30.3 Å². The molecule has 1 aliphatic carbocycles. The first-order valence-corrected chi connectivity index (χ1v) is 8.83. The summed E-state index contributed by atoms with van der Waals surface area (Å²) >= 11 is 0. The maximum atomic E-state index is 10.4. The van der Waals surface area contributed by atoms with Crippen molar-refractivity contribution in [3.63, 3.8) is 0 Å². The summed E-state index contributed by atoms with van der Waals surface area (Å²) in [7, 11) is 0. The minimum atomic E-state index is -0.503. The molecule has 1 fully saturated rings. The van der Waals surface area contributed by atoms with E-state index in [9.17, 15) is 10.2 Å². The van der Waals surface area contributed by atoms with Gasteiger partial charge in [-0.15, -0.1) is 0 Å². The molecule has 0 aliphatic heterocycles. The Bertz CT molecular complexity index is 401. The third-order valence-corrected chi connectivity index (χ3v) is 4.97. The number of aliphatic hydroxyl groups is 2. The summed E-state index contributed by atoms with van der Waals surface area (Å²) < 4.78 is 0. The van der Waals surface area contributed by atoms with Gasteiger partial charge in [0.15, 0.2) is 0 Å². The van der Waals surface area contributed by atoms with E-state index in [4.69, 9.17) is 0 Å². The van der Waals surface area contributed by atoms with Crippen LogP contribution in [0.4, 0.5) is 0 Å². The van der Waals surface area contributed by atoms with Crippen molar-refractivity contribution >= 4 is 0 Å². The van der Waals surface area contributed by atoms with E-state index in [-0.39, 0.29) is 12.1 Å². The third kappa shape index (κ3) is 5.38. The molecule has 1 saturated carbocycles. The fraction of sp³-hybridized carbons (Fsp3) is 0.684. The van der Waals surface area contributed by atoms with Crippen LogP contribution in [0, 0.1) is 5.92 Å². The Kier molecular flexibility index (Phi) is 7.37. The van der Waals surface area contributed by atoms with E-state index in [2.05, 4.69) is 5.32 Å². The fourth-order valence-corrected chi connectivity index (χ4v) is 3.44. The van der Waals surface area contributed by atoms with Crippen LogP contribution in [0.1, 0.15) is 63.5 Å². The van der Waals surface area contributed by atoms with E-state index >= 15 is 0 Å². The van der Waals surface area contributed by atoms with Gasteiger partial charge in [0.05, 0.1) is 12.2 Å². The van der Waals surface area contributed by atoms with Crippen molar-refractivity contribution in [2.24, 2.45) is 5.92 Å². The second-order valence-corrected chi connectivity index (χ2v) is 6.71. The summed E-state index contributed by atoms with van der Waals surface area (Å²) in [5, 5.41) is 24.0. The Morgan fingerprint density at radius 1 is 1.05 bits per heavy atom. The molecular weight excluding hydrogens is 274 g/mol. The topological polar surface area (TPSA) is 52.5 Å². The number of aliphatic hydroxyl groups excluding tert-OH is 2. The summed E-state index contributed by atoms with van der Waals surface area (Å²) in [5.41, 5.74) is 0.937. The highest BCUT2D eigenvalue weighted by Crippen LogP contribution is 2.26. The van der Waals surface area contributed by atoms with Gasteiger partial charge in [-0.3, -0.25) is 0 Å². The number of hydrogen-bond donors (Lipinski definition) is 3. The Morgan fingerprint density at radius 3 is 2.32 bits per heavy atom. The molecule has 3 nitrogen and oxygen atoms in total. The van der Waals surface area contributed by atoms with Gasteiger partial charge in [-0.25, -0.2) is 0 Å². The molecule has 1 aromatic carbocycles. The first kappa shape index (κ1) is 17.5. The lowest BCUT2D eigenvalue weighted by Crippen LogP contribution is -2.35. The summed E-state index contributed by atoms with van der Waals surface area (Å²) in [6.07, 6.45) is 7.58. The Balaban J connectivity index is 1.70. The molecule has 1 aromatic rings. The average molecular weight is 305 g/mol. The third-order valence-electron chi connectivity index (χ3n) is 4.97. The van der Waals surface area contributed by atoms with Crippen molar-refractivity contribution in [3.05, 3.63) is 35.9 Å². The smallest absolute Gasteiger partial charge is 0.0940 e. The van der Waals surface area contributed by atoms with Crippen molar-refractivity contribution in [2.75, 3.05) is 6.54 Å². The first-order valence-electron chi connectivity index (χ1n) is 8.83. The summed E-state index contributed by atoms with van der Waals surface area (Å²) in [4.78, 5) is 0. The molecule has 1 aliphatic rings. The molecule has 0 aromatic heterocycles. The van der Waals surface area contributed by atoms with E-state index in [1.54, 1.807) is 0 Å². The number of nitrogens with one attached hydrogen (secondary N) is 1. The molecular formula is C19H31NO2. The van der Waals surface area contributed by atoms with Gasteiger partial charge in [-0.2, -0.15) is 0 Å². The van der Waals surface area contributed by atoms with Gasteiger partial charge in [0, 0.05) is 6.04 Å². The number of benzene rings is 1. The predicted molar refractivity (Wildman–Crippen MR) is 90.7 cm³/mol.